The van der Waals surface area contributed by atoms with Crippen LogP contribution >= 0.6 is 0 Å². The Bertz CT molecular complexity index is 304. The molecule has 1 N–H and O–H groups in total. The second kappa shape index (κ2) is 3.79. The average molecular weight is 206 g/mol. The van der Waals surface area contributed by atoms with Crippen LogP contribution in [0.1, 0.15) is 40.0 Å². The molecule has 0 saturated heterocycles. The molecule has 0 spiro atoms. The molecule has 2 atom stereocenters. The third-order valence-electron chi connectivity index (χ3n) is 3.84. The highest BCUT2D eigenvalue weighted by molar-refractivity contribution is 5.36. The fraction of sp³-hybridized carbons (Fsp3) is 0.714. The van der Waals surface area contributed by atoms with Crippen LogP contribution in [0.5, 0.6) is 0 Å². The van der Waals surface area contributed by atoms with Gasteiger partial charge in [-0.15, -0.1) is 0 Å². The van der Waals surface area contributed by atoms with Gasteiger partial charge in [-0.05, 0) is 42.1 Å². The molecule has 0 aliphatic heterocycles. The van der Waals surface area contributed by atoms with E-state index in [1.165, 1.54) is 12.0 Å². The lowest BCUT2D eigenvalue weighted by molar-refractivity contribution is 0.223. The van der Waals surface area contributed by atoms with E-state index >= 15 is 0 Å². The molecule has 0 heterocycles. The minimum Gasteiger partial charge on any atom is -0.396 e. The summed E-state index contributed by atoms with van der Waals surface area (Å²) in [5.41, 5.74) is 3.50. The molecule has 0 bridgehead atoms. The lowest BCUT2D eigenvalue weighted by atomic mass is 9.71. The summed E-state index contributed by atoms with van der Waals surface area (Å²) in [4.78, 5) is 0. The van der Waals surface area contributed by atoms with Crippen LogP contribution in [-0.2, 0) is 0 Å². The maximum atomic E-state index is 9.25. The van der Waals surface area contributed by atoms with Crippen LogP contribution in [0.4, 0.5) is 0 Å². The van der Waals surface area contributed by atoms with Crippen molar-refractivity contribution in [2.45, 2.75) is 40.0 Å². The number of rotatable bonds is 1. The summed E-state index contributed by atoms with van der Waals surface area (Å²) in [6, 6.07) is 0. The first-order chi connectivity index (χ1) is 7.02. The quantitative estimate of drug-likeness (QED) is 0.698. The Morgan fingerprint density at radius 1 is 1.33 bits per heavy atom. The molecule has 1 unspecified atom stereocenters. The Hall–Kier alpha value is -0.560. The lowest BCUT2D eigenvalue weighted by Crippen LogP contribution is -2.23. The molecule has 15 heavy (non-hydrogen) atoms. The van der Waals surface area contributed by atoms with Crippen molar-refractivity contribution >= 4 is 0 Å². The number of aliphatic hydroxyl groups excluding tert-OH is 1. The summed E-state index contributed by atoms with van der Waals surface area (Å²) in [6.07, 6.45) is 8.00. The van der Waals surface area contributed by atoms with E-state index in [9.17, 15) is 5.11 Å². The average Bonchev–Trinajstić information content (AvgIpc) is 2.57. The Labute approximate surface area is 92.9 Å². The highest BCUT2D eigenvalue weighted by atomic mass is 16.3. The minimum atomic E-state index is 0.345. The van der Waals surface area contributed by atoms with E-state index < -0.39 is 0 Å². The number of hydrogen-bond donors (Lipinski definition) is 1. The van der Waals surface area contributed by atoms with E-state index in [-0.39, 0.29) is 0 Å². The number of aliphatic hydroxyl groups is 1. The van der Waals surface area contributed by atoms with Crippen molar-refractivity contribution in [3.63, 3.8) is 0 Å². The first kappa shape index (κ1) is 10.9. The van der Waals surface area contributed by atoms with E-state index in [4.69, 9.17) is 0 Å². The van der Waals surface area contributed by atoms with Crippen molar-refractivity contribution < 1.29 is 5.11 Å². The highest BCUT2D eigenvalue weighted by Gasteiger charge is 2.35. The van der Waals surface area contributed by atoms with Gasteiger partial charge in [0.15, 0.2) is 0 Å². The Morgan fingerprint density at radius 3 is 2.67 bits per heavy atom. The maximum absolute atomic E-state index is 9.25. The van der Waals surface area contributed by atoms with E-state index in [1.807, 2.05) is 0 Å². The smallest absolute Gasteiger partial charge is 0.0465 e. The molecule has 2 rings (SSSR count). The van der Waals surface area contributed by atoms with Crippen molar-refractivity contribution in [1.82, 2.24) is 0 Å². The SMILES string of the molecule is CC(C)(C)C1CC=CC2=C1C[C@@H](CO)C2. The predicted molar refractivity (Wildman–Crippen MR) is 63.5 cm³/mol. The van der Waals surface area contributed by atoms with Crippen LogP contribution in [-0.4, -0.2) is 11.7 Å². The molecule has 2 aliphatic carbocycles. The molecule has 0 radical (unpaired) electrons. The summed E-state index contributed by atoms with van der Waals surface area (Å²) in [7, 11) is 0. The topological polar surface area (TPSA) is 20.2 Å². The van der Waals surface area contributed by atoms with E-state index in [1.54, 1.807) is 5.57 Å². The molecule has 0 saturated carbocycles. The second-order valence-electron chi connectivity index (χ2n) is 6.06. The van der Waals surface area contributed by atoms with Crippen LogP contribution in [0.2, 0.25) is 0 Å². The summed E-state index contributed by atoms with van der Waals surface area (Å²) >= 11 is 0. The van der Waals surface area contributed by atoms with Crippen LogP contribution in [0.3, 0.4) is 0 Å². The van der Waals surface area contributed by atoms with Crippen LogP contribution in [0.25, 0.3) is 0 Å². The van der Waals surface area contributed by atoms with Gasteiger partial charge in [0.25, 0.3) is 0 Å². The number of hydrogen-bond acceptors (Lipinski definition) is 1. The molecule has 2 aliphatic rings. The molecule has 0 amide bonds. The highest BCUT2D eigenvalue weighted by Crippen LogP contribution is 2.46. The normalized spacial score (nSPS) is 30.9. The molecule has 0 aromatic rings. The van der Waals surface area contributed by atoms with E-state index in [0.717, 1.165) is 12.8 Å². The maximum Gasteiger partial charge on any atom is 0.0465 e. The van der Waals surface area contributed by atoms with Crippen molar-refractivity contribution in [2.24, 2.45) is 17.3 Å². The molecular weight excluding hydrogens is 184 g/mol. The third-order valence-corrected chi connectivity index (χ3v) is 3.84. The van der Waals surface area contributed by atoms with Gasteiger partial charge in [0.05, 0.1) is 0 Å². The molecule has 1 heteroatoms. The second-order valence-corrected chi connectivity index (χ2v) is 6.06. The summed E-state index contributed by atoms with van der Waals surface area (Å²) < 4.78 is 0. The van der Waals surface area contributed by atoms with Crippen molar-refractivity contribution in [3.05, 3.63) is 23.3 Å². The molecule has 0 fully saturated rings. The van der Waals surface area contributed by atoms with Crippen molar-refractivity contribution in [1.29, 1.82) is 0 Å². The van der Waals surface area contributed by atoms with Crippen molar-refractivity contribution in [3.8, 4) is 0 Å². The van der Waals surface area contributed by atoms with Crippen molar-refractivity contribution in [2.75, 3.05) is 6.61 Å². The summed E-state index contributed by atoms with van der Waals surface area (Å²) in [6.45, 7) is 7.33. The first-order valence-corrected chi connectivity index (χ1v) is 6.01. The molecular formula is C14H22O. The molecule has 1 nitrogen and oxygen atoms in total. The zero-order valence-corrected chi connectivity index (χ0v) is 10.1. The predicted octanol–water partition coefficient (Wildman–Crippen LogP) is 3.31. The van der Waals surface area contributed by atoms with Gasteiger partial charge in [-0.2, -0.15) is 0 Å². The fourth-order valence-corrected chi connectivity index (χ4v) is 2.99. The van der Waals surface area contributed by atoms with Gasteiger partial charge < -0.3 is 5.11 Å². The first-order valence-electron chi connectivity index (χ1n) is 6.01. The van der Waals surface area contributed by atoms with Gasteiger partial charge in [0.2, 0.25) is 0 Å². The third kappa shape index (κ3) is 2.03. The largest absolute Gasteiger partial charge is 0.396 e. The summed E-state index contributed by atoms with van der Waals surface area (Å²) in [5, 5.41) is 9.25. The summed E-state index contributed by atoms with van der Waals surface area (Å²) in [5.74, 6) is 1.18. The zero-order chi connectivity index (χ0) is 11.1. The Balaban J connectivity index is 2.22. The Kier molecular flexibility index (Phi) is 2.76. The monoisotopic (exact) mass is 206 g/mol. The molecule has 0 aromatic heterocycles. The zero-order valence-electron chi connectivity index (χ0n) is 10.1. The fourth-order valence-electron chi connectivity index (χ4n) is 2.99. The van der Waals surface area contributed by atoms with E-state index in [2.05, 4.69) is 32.9 Å². The molecule has 0 aromatic carbocycles. The van der Waals surface area contributed by atoms with Crippen LogP contribution in [0, 0.1) is 17.3 Å². The standard InChI is InChI=1S/C14H22O/c1-14(2,3)13-6-4-5-11-7-10(9-15)8-12(11)13/h4-5,10,13,15H,6-9H2,1-3H3/t10-,13?/m0/s1. The Morgan fingerprint density at radius 2 is 2.07 bits per heavy atom. The minimum absolute atomic E-state index is 0.345. The molecule has 84 valence electrons. The van der Waals surface area contributed by atoms with Gasteiger partial charge in [0, 0.05) is 6.61 Å². The van der Waals surface area contributed by atoms with Crippen LogP contribution < -0.4 is 0 Å². The lowest BCUT2D eigenvalue weighted by Gasteiger charge is -2.34. The van der Waals surface area contributed by atoms with Gasteiger partial charge in [-0.1, -0.05) is 38.5 Å². The van der Waals surface area contributed by atoms with Gasteiger partial charge in [-0.3, -0.25) is 0 Å². The number of allylic oxidation sites excluding steroid dienone is 4. The van der Waals surface area contributed by atoms with Gasteiger partial charge >= 0.3 is 0 Å². The van der Waals surface area contributed by atoms with Gasteiger partial charge in [0.1, 0.15) is 0 Å². The van der Waals surface area contributed by atoms with Crippen LogP contribution in [0.15, 0.2) is 23.3 Å². The van der Waals surface area contributed by atoms with E-state index in [0.29, 0.717) is 23.9 Å². The van der Waals surface area contributed by atoms with Gasteiger partial charge in [-0.25, -0.2) is 0 Å².